The lowest BCUT2D eigenvalue weighted by Gasteiger charge is -2.19. The molecule has 0 spiro atoms. The second-order valence-electron chi connectivity index (χ2n) is 8.33. The predicted octanol–water partition coefficient (Wildman–Crippen LogP) is 7.38. The van der Waals surface area contributed by atoms with E-state index in [0.717, 1.165) is 38.0 Å². The molecule has 4 heteroatoms. The van der Waals surface area contributed by atoms with Gasteiger partial charge in [0.1, 0.15) is 6.10 Å². The maximum atomic E-state index is 12.0. The summed E-state index contributed by atoms with van der Waals surface area (Å²) in [5.74, 6) is 0.345. The van der Waals surface area contributed by atoms with Gasteiger partial charge >= 0.3 is 11.9 Å². The number of carbonyl (C=O) groups is 2. The van der Waals surface area contributed by atoms with Gasteiger partial charge < -0.3 is 9.47 Å². The number of hydrogen-bond acceptors (Lipinski definition) is 4. The van der Waals surface area contributed by atoms with Gasteiger partial charge in [0, 0.05) is 12.8 Å². The Kier molecular flexibility index (Phi) is 19.5. The molecule has 0 saturated heterocycles. The summed E-state index contributed by atoms with van der Waals surface area (Å²) in [6, 6.07) is 0. The Morgan fingerprint density at radius 1 is 0.655 bits per heavy atom. The molecule has 0 N–H and O–H groups in total. The number of rotatable bonds is 20. The van der Waals surface area contributed by atoms with Crippen molar-refractivity contribution in [1.29, 1.82) is 0 Å². The van der Waals surface area contributed by atoms with Crippen molar-refractivity contribution in [2.45, 2.75) is 137 Å². The van der Waals surface area contributed by atoms with Crippen LogP contribution >= 0.6 is 0 Å². The Morgan fingerprint density at radius 3 is 1.83 bits per heavy atom. The standard InChI is InChI=1S/C25H48O4/c1-5-9-10-11-12-13-14-15-21-28-24(26)17-16-18-25(27)29-23(8-4)20-19-22(6-2)7-3/h22-23H,5-21H2,1-4H3. The summed E-state index contributed by atoms with van der Waals surface area (Å²) in [6.07, 6.45) is 16.3. The Bertz CT molecular complexity index is 390. The fourth-order valence-electron chi connectivity index (χ4n) is 3.58. The molecular weight excluding hydrogens is 364 g/mol. The van der Waals surface area contributed by atoms with E-state index in [1.165, 1.54) is 51.4 Å². The van der Waals surface area contributed by atoms with Crippen LogP contribution in [0.3, 0.4) is 0 Å². The summed E-state index contributed by atoms with van der Waals surface area (Å²) in [5.41, 5.74) is 0. The normalized spacial score (nSPS) is 12.2. The summed E-state index contributed by atoms with van der Waals surface area (Å²) >= 11 is 0. The third-order valence-electron chi connectivity index (χ3n) is 5.83. The first kappa shape index (κ1) is 27.9. The average Bonchev–Trinajstić information content (AvgIpc) is 2.72. The minimum absolute atomic E-state index is 0.0111. The Balaban J connectivity index is 3.67. The van der Waals surface area contributed by atoms with Crippen molar-refractivity contribution in [2.24, 2.45) is 5.92 Å². The van der Waals surface area contributed by atoms with E-state index in [4.69, 9.17) is 9.47 Å². The highest BCUT2D eigenvalue weighted by molar-refractivity contribution is 5.72. The van der Waals surface area contributed by atoms with Crippen LogP contribution < -0.4 is 0 Å². The molecule has 0 aliphatic carbocycles. The molecule has 0 aromatic carbocycles. The molecule has 1 unspecified atom stereocenters. The molecule has 0 aliphatic heterocycles. The molecule has 0 rings (SSSR count). The van der Waals surface area contributed by atoms with Gasteiger partial charge in [0.2, 0.25) is 0 Å². The van der Waals surface area contributed by atoms with E-state index in [1.54, 1.807) is 0 Å². The molecular formula is C25H48O4. The van der Waals surface area contributed by atoms with Gasteiger partial charge in [0.25, 0.3) is 0 Å². The molecule has 0 aliphatic rings. The van der Waals surface area contributed by atoms with Gasteiger partial charge in [-0.25, -0.2) is 0 Å². The number of ether oxygens (including phenoxy) is 2. The molecule has 172 valence electrons. The van der Waals surface area contributed by atoms with Crippen molar-refractivity contribution in [3.8, 4) is 0 Å². The van der Waals surface area contributed by atoms with Crippen LogP contribution in [-0.4, -0.2) is 24.6 Å². The third-order valence-corrected chi connectivity index (χ3v) is 5.83. The van der Waals surface area contributed by atoms with E-state index in [-0.39, 0.29) is 18.0 Å². The smallest absolute Gasteiger partial charge is 0.306 e. The predicted molar refractivity (Wildman–Crippen MR) is 121 cm³/mol. The van der Waals surface area contributed by atoms with E-state index < -0.39 is 0 Å². The zero-order valence-electron chi connectivity index (χ0n) is 19.8. The van der Waals surface area contributed by atoms with Gasteiger partial charge in [-0.3, -0.25) is 9.59 Å². The Hall–Kier alpha value is -1.06. The quantitative estimate of drug-likeness (QED) is 0.155. The second-order valence-corrected chi connectivity index (χ2v) is 8.33. The Morgan fingerprint density at radius 2 is 1.24 bits per heavy atom. The second kappa shape index (κ2) is 20.2. The van der Waals surface area contributed by atoms with Crippen molar-refractivity contribution in [2.75, 3.05) is 6.61 Å². The number of esters is 2. The van der Waals surface area contributed by atoms with Crippen LogP contribution in [0.1, 0.15) is 130 Å². The van der Waals surface area contributed by atoms with Crippen LogP contribution in [0.2, 0.25) is 0 Å². The van der Waals surface area contributed by atoms with Crippen LogP contribution in [0.5, 0.6) is 0 Å². The van der Waals surface area contributed by atoms with Crippen LogP contribution in [0.4, 0.5) is 0 Å². The zero-order valence-corrected chi connectivity index (χ0v) is 19.8. The first-order valence-electron chi connectivity index (χ1n) is 12.4. The number of carbonyl (C=O) groups excluding carboxylic acids is 2. The topological polar surface area (TPSA) is 52.6 Å². The SMILES string of the molecule is CCCCCCCCCCOC(=O)CCCC(=O)OC(CC)CCC(CC)CC. The van der Waals surface area contributed by atoms with Gasteiger partial charge in [-0.05, 0) is 38.0 Å². The molecule has 0 radical (unpaired) electrons. The minimum atomic E-state index is -0.193. The summed E-state index contributed by atoms with van der Waals surface area (Å²) in [5, 5.41) is 0. The lowest BCUT2D eigenvalue weighted by molar-refractivity contribution is -0.150. The fraction of sp³-hybridized carbons (Fsp3) is 0.920. The molecule has 0 amide bonds. The van der Waals surface area contributed by atoms with E-state index in [2.05, 4.69) is 27.7 Å². The highest BCUT2D eigenvalue weighted by Gasteiger charge is 2.15. The summed E-state index contributed by atoms with van der Waals surface area (Å²) < 4.78 is 10.9. The summed E-state index contributed by atoms with van der Waals surface area (Å²) in [4.78, 5) is 23.8. The lowest BCUT2D eigenvalue weighted by atomic mass is 9.95. The Labute approximate surface area is 180 Å². The molecule has 0 heterocycles. The molecule has 4 nitrogen and oxygen atoms in total. The van der Waals surface area contributed by atoms with Gasteiger partial charge in [-0.1, -0.05) is 85.5 Å². The number of hydrogen-bond donors (Lipinski definition) is 0. The van der Waals surface area contributed by atoms with Crippen molar-refractivity contribution >= 4 is 11.9 Å². The molecule has 29 heavy (non-hydrogen) atoms. The maximum absolute atomic E-state index is 12.0. The molecule has 0 saturated carbocycles. The summed E-state index contributed by atoms with van der Waals surface area (Å²) in [6.45, 7) is 9.23. The van der Waals surface area contributed by atoms with E-state index in [1.807, 2.05) is 0 Å². The van der Waals surface area contributed by atoms with Crippen LogP contribution in [-0.2, 0) is 19.1 Å². The van der Waals surface area contributed by atoms with Crippen molar-refractivity contribution in [3.05, 3.63) is 0 Å². The van der Waals surface area contributed by atoms with Crippen molar-refractivity contribution < 1.29 is 19.1 Å². The molecule has 0 aromatic heterocycles. The van der Waals surface area contributed by atoms with Gasteiger partial charge in [0.05, 0.1) is 6.61 Å². The van der Waals surface area contributed by atoms with Crippen LogP contribution in [0.15, 0.2) is 0 Å². The van der Waals surface area contributed by atoms with E-state index >= 15 is 0 Å². The largest absolute Gasteiger partial charge is 0.466 e. The van der Waals surface area contributed by atoms with E-state index in [9.17, 15) is 9.59 Å². The highest BCUT2D eigenvalue weighted by atomic mass is 16.5. The monoisotopic (exact) mass is 412 g/mol. The highest BCUT2D eigenvalue weighted by Crippen LogP contribution is 2.19. The summed E-state index contributed by atoms with van der Waals surface area (Å²) in [7, 11) is 0. The maximum Gasteiger partial charge on any atom is 0.306 e. The zero-order chi connectivity index (χ0) is 21.7. The lowest BCUT2D eigenvalue weighted by Crippen LogP contribution is -2.19. The molecule has 1 atom stereocenters. The minimum Gasteiger partial charge on any atom is -0.466 e. The van der Waals surface area contributed by atoms with Crippen LogP contribution in [0.25, 0.3) is 0 Å². The van der Waals surface area contributed by atoms with Gasteiger partial charge in [-0.15, -0.1) is 0 Å². The molecule has 0 aromatic rings. The molecule has 0 fully saturated rings. The number of unbranched alkanes of at least 4 members (excludes halogenated alkanes) is 7. The van der Waals surface area contributed by atoms with Gasteiger partial charge in [-0.2, -0.15) is 0 Å². The molecule has 0 bridgehead atoms. The first-order chi connectivity index (χ1) is 14.1. The van der Waals surface area contributed by atoms with Crippen molar-refractivity contribution in [1.82, 2.24) is 0 Å². The average molecular weight is 413 g/mol. The third kappa shape index (κ3) is 17.5. The van der Waals surface area contributed by atoms with Gasteiger partial charge in [0.15, 0.2) is 0 Å². The van der Waals surface area contributed by atoms with Crippen LogP contribution in [0, 0.1) is 5.92 Å². The fourth-order valence-corrected chi connectivity index (χ4v) is 3.58. The van der Waals surface area contributed by atoms with Crippen molar-refractivity contribution in [3.63, 3.8) is 0 Å². The first-order valence-corrected chi connectivity index (χ1v) is 12.4. The van der Waals surface area contributed by atoms with E-state index in [0.29, 0.717) is 25.9 Å².